The van der Waals surface area contributed by atoms with Crippen molar-refractivity contribution in [3.63, 3.8) is 0 Å². The molecule has 0 aliphatic carbocycles. The summed E-state index contributed by atoms with van der Waals surface area (Å²) < 4.78 is 0. The Morgan fingerprint density at radius 3 is 3.00 bits per heavy atom. The first-order chi connectivity index (χ1) is 5.77. The average Bonchev–Trinajstić information content (AvgIpc) is 2.04. The fraction of sp³-hybridized carbons (Fsp3) is 0.400. The van der Waals surface area contributed by atoms with Crippen molar-refractivity contribution in [2.24, 2.45) is 0 Å². The van der Waals surface area contributed by atoms with Gasteiger partial charge in [-0.1, -0.05) is 19.1 Å². The van der Waals surface area contributed by atoms with Crippen LogP contribution < -0.4 is 4.90 Å². The van der Waals surface area contributed by atoms with E-state index in [0.29, 0.717) is 5.25 Å². The lowest BCUT2D eigenvalue weighted by Gasteiger charge is -2.30. The van der Waals surface area contributed by atoms with Gasteiger partial charge in [-0.25, -0.2) is 0 Å². The molecule has 0 N–H and O–H groups in total. The molecule has 0 amide bonds. The number of para-hydroxylation sites is 1. The summed E-state index contributed by atoms with van der Waals surface area (Å²) in [7, 11) is 2.16. The van der Waals surface area contributed by atoms with Crippen molar-refractivity contribution >= 4 is 17.4 Å². The molecule has 1 aromatic carbocycles. The molecule has 0 aromatic heterocycles. The van der Waals surface area contributed by atoms with Crippen molar-refractivity contribution in [3.8, 4) is 0 Å². The topological polar surface area (TPSA) is 3.24 Å². The maximum Gasteiger partial charge on any atom is 0.0502 e. The molecule has 1 nitrogen and oxygen atoms in total. The zero-order chi connectivity index (χ0) is 8.55. The van der Waals surface area contributed by atoms with Gasteiger partial charge in [-0.2, -0.15) is 0 Å². The third-order valence-corrected chi connectivity index (χ3v) is 3.29. The largest absolute Gasteiger partial charge is 0.373 e. The lowest BCUT2D eigenvalue weighted by Crippen LogP contribution is -2.29. The van der Waals surface area contributed by atoms with Crippen molar-refractivity contribution < 1.29 is 0 Å². The Hall–Kier alpha value is -0.630. The van der Waals surface area contributed by atoms with Crippen LogP contribution in [0.5, 0.6) is 0 Å². The monoisotopic (exact) mass is 179 g/mol. The van der Waals surface area contributed by atoms with Gasteiger partial charge in [0.25, 0.3) is 0 Å². The third-order valence-electron chi connectivity index (χ3n) is 2.14. The van der Waals surface area contributed by atoms with Gasteiger partial charge in [0.2, 0.25) is 0 Å². The van der Waals surface area contributed by atoms with Crippen LogP contribution in [0.15, 0.2) is 29.2 Å². The number of rotatable bonds is 0. The molecule has 1 aliphatic rings. The lowest BCUT2D eigenvalue weighted by molar-refractivity contribution is 0.841. The molecule has 0 spiro atoms. The van der Waals surface area contributed by atoms with Crippen molar-refractivity contribution in [1.29, 1.82) is 0 Å². The summed E-state index contributed by atoms with van der Waals surface area (Å²) >= 11 is 1.97. The molecule has 1 aliphatic heterocycles. The Kier molecular flexibility index (Phi) is 2.01. The molecule has 1 atom stereocenters. The average molecular weight is 179 g/mol. The quantitative estimate of drug-likeness (QED) is 0.602. The maximum atomic E-state index is 2.33. The number of anilines is 1. The normalized spacial score (nSPS) is 22.2. The first kappa shape index (κ1) is 7.99. The van der Waals surface area contributed by atoms with Crippen molar-refractivity contribution in [3.05, 3.63) is 24.3 Å². The van der Waals surface area contributed by atoms with E-state index in [1.807, 2.05) is 11.8 Å². The zero-order valence-electron chi connectivity index (χ0n) is 7.45. The van der Waals surface area contributed by atoms with Gasteiger partial charge in [0, 0.05) is 23.7 Å². The van der Waals surface area contributed by atoms with Gasteiger partial charge in [0.1, 0.15) is 0 Å². The number of fused-ring (bicyclic) bond motifs is 1. The highest BCUT2D eigenvalue weighted by Crippen LogP contribution is 2.36. The zero-order valence-corrected chi connectivity index (χ0v) is 8.27. The standard InChI is InChI=1S/C10H13NS/c1-8-7-11(2)9-5-3-4-6-10(9)12-8/h3-6,8H,7H2,1-2H3. The molecule has 0 saturated heterocycles. The van der Waals surface area contributed by atoms with E-state index in [-0.39, 0.29) is 0 Å². The number of hydrogen-bond donors (Lipinski definition) is 0. The van der Waals surface area contributed by atoms with Crippen molar-refractivity contribution in [2.45, 2.75) is 17.1 Å². The third kappa shape index (κ3) is 1.31. The Morgan fingerprint density at radius 1 is 1.42 bits per heavy atom. The Morgan fingerprint density at radius 2 is 2.17 bits per heavy atom. The summed E-state index contributed by atoms with van der Waals surface area (Å²) in [5.74, 6) is 0. The number of thioether (sulfide) groups is 1. The summed E-state index contributed by atoms with van der Waals surface area (Å²) in [6, 6.07) is 8.60. The van der Waals surface area contributed by atoms with E-state index in [2.05, 4.69) is 43.1 Å². The maximum absolute atomic E-state index is 2.33. The lowest BCUT2D eigenvalue weighted by atomic mass is 10.3. The first-order valence-corrected chi connectivity index (χ1v) is 5.12. The highest BCUT2D eigenvalue weighted by Gasteiger charge is 2.18. The predicted octanol–water partition coefficient (Wildman–Crippen LogP) is 2.62. The van der Waals surface area contributed by atoms with E-state index in [0.717, 1.165) is 6.54 Å². The molecule has 1 aromatic rings. The Bertz CT molecular complexity index is 285. The van der Waals surface area contributed by atoms with Crippen LogP contribution in [0.4, 0.5) is 5.69 Å². The van der Waals surface area contributed by atoms with Gasteiger partial charge < -0.3 is 4.90 Å². The molecule has 64 valence electrons. The molecular weight excluding hydrogens is 166 g/mol. The second-order valence-electron chi connectivity index (χ2n) is 3.28. The first-order valence-electron chi connectivity index (χ1n) is 4.24. The minimum Gasteiger partial charge on any atom is -0.373 e. The van der Waals surface area contributed by atoms with Gasteiger partial charge >= 0.3 is 0 Å². The molecule has 2 rings (SSSR count). The summed E-state index contributed by atoms with van der Waals surface area (Å²) in [5.41, 5.74) is 1.38. The van der Waals surface area contributed by atoms with Crippen LogP contribution in [-0.2, 0) is 0 Å². The summed E-state index contributed by atoms with van der Waals surface area (Å²) in [5, 5.41) is 0.713. The molecule has 0 radical (unpaired) electrons. The molecule has 0 fully saturated rings. The molecule has 12 heavy (non-hydrogen) atoms. The number of hydrogen-bond acceptors (Lipinski definition) is 2. The van der Waals surface area contributed by atoms with E-state index >= 15 is 0 Å². The van der Waals surface area contributed by atoms with Crippen LogP contribution in [0.2, 0.25) is 0 Å². The van der Waals surface area contributed by atoms with Crippen molar-refractivity contribution in [1.82, 2.24) is 0 Å². The SMILES string of the molecule is CC1CN(C)c2ccccc2S1. The van der Waals surface area contributed by atoms with Crippen LogP contribution in [0.3, 0.4) is 0 Å². The van der Waals surface area contributed by atoms with Gasteiger partial charge in [-0.15, -0.1) is 11.8 Å². The minimum atomic E-state index is 0.713. The highest BCUT2D eigenvalue weighted by molar-refractivity contribution is 8.00. The minimum absolute atomic E-state index is 0.713. The fourth-order valence-electron chi connectivity index (χ4n) is 1.61. The smallest absolute Gasteiger partial charge is 0.0502 e. The van der Waals surface area contributed by atoms with Crippen LogP contribution >= 0.6 is 11.8 Å². The molecule has 2 heteroatoms. The van der Waals surface area contributed by atoms with E-state index in [9.17, 15) is 0 Å². The van der Waals surface area contributed by atoms with E-state index in [1.54, 1.807) is 0 Å². The van der Waals surface area contributed by atoms with Gasteiger partial charge in [0.15, 0.2) is 0 Å². The molecule has 1 unspecified atom stereocenters. The van der Waals surface area contributed by atoms with E-state index < -0.39 is 0 Å². The second kappa shape index (κ2) is 3.02. The molecule has 1 heterocycles. The summed E-state index contributed by atoms with van der Waals surface area (Å²) in [6.45, 7) is 3.43. The number of nitrogens with zero attached hydrogens (tertiary/aromatic N) is 1. The summed E-state index contributed by atoms with van der Waals surface area (Å²) in [4.78, 5) is 3.75. The molecular formula is C10H13NS. The predicted molar refractivity (Wildman–Crippen MR) is 55.0 cm³/mol. The van der Waals surface area contributed by atoms with Gasteiger partial charge in [0.05, 0.1) is 5.69 Å². The van der Waals surface area contributed by atoms with E-state index in [4.69, 9.17) is 0 Å². The summed E-state index contributed by atoms with van der Waals surface area (Å²) in [6.07, 6.45) is 0. The van der Waals surface area contributed by atoms with Gasteiger partial charge in [-0.3, -0.25) is 0 Å². The second-order valence-corrected chi connectivity index (χ2v) is 4.76. The van der Waals surface area contributed by atoms with E-state index in [1.165, 1.54) is 10.6 Å². The van der Waals surface area contributed by atoms with Crippen LogP contribution in [-0.4, -0.2) is 18.8 Å². The van der Waals surface area contributed by atoms with Gasteiger partial charge in [-0.05, 0) is 12.1 Å². The highest BCUT2D eigenvalue weighted by atomic mass is 32.2. The molecule has 0 saturated carbocycles. The van der Waals surface area contributed by atoms with Crippen LogP contribution in [0.25, 0.3) is 0 Å². The fourth-order valence-corrected chi connectivity index (χ4v) is 2.84. The van der Waals surface area contributed by atoms with Crippen LogP contribution in [0, 0.1) is 0 Å². The Labute approximate surface area is 77.8 Å². The molecule has 0 bridgehead atoms. The van der Waals surface area contributed by atoms with Crippen molar-refractivity contribution in [2.75, 3.05) is 18.5 Å². The Balaban J connectivity index is 2.40. The number of benzene rings is 1. The van der Waals surface area contributed by atoms with Crippen LogP contribution in [0.1, 0.15) is 6.92 Å².